The summed E-state index contributed by atoms with van der Waals surface area (Å²) in [5, 5.41) is 0. The van der Waals surface area contributed by atoms with Gasteiger partial charge in [-0.1, -0.05) is 25.0 Å². The molecule has 0 aliphatic heterocycles. The molecule has 0 saturated carbocycles. The van der Waals surface area contributed by atoms with E-state index in [-0.39, 0.29) is 32.3 Å². The quantitative estimate of drug-likeness (QED) is 0.194. The van der Waals surface area contributed by atoms with Crippen LogP contribution < -0.4 is 0 Å². The van der Waals surface area contributed by atoms with Gasteiger partial charge >= 0.3 is 0 Å². The molecular weight excluding hydrogens is 361 g/mol. The van der Waals surface area contributed by atoms with Crippen LogP contribution in [0.15, 0.2) is 18.2 Å². The van der Waals surface area contributed by atoms with Gasteiger partial charge in [0.15, 0.2) is 0 Å². The van der Waals surface area contributed by atoms with Crippen LogP contribution in [-0.2, 0) is 16.5 Å². The van der Waals surface area contributed by atoms with Crippen molar-refractivity contribution in [2.45, 2.75) is 67.2 Å². The van der Waals surface area contributed by atoms with Gasteiger partial charge in [0.05, 0.1) is 37.0 Å². The Morgan fingerprint density at radius 1 is 0.652 bits per heavy atom. The van der Waals surface area contributed by atoms with Crippen molar-refractivity contribution in [3.05, 3.63) is 24.3 Å². The molecule has 0 aromatic heterocycles. The van der Waals surface area contributed by atoms with Crippen molar-refractivity contribution in [3.8, 4) is 0 Å². The average Bonchev–Trinajstić information content (AvgIpc) is 2.51. The van der Waals surface area contributed by atoms with Crippen LogP contribution >= 0.6 is 15.8 Å². The summed E-state index contributed by atoms with van der Waals surface area (Å²) >= 11 is 0. The van der Waals surface area contributed by atoms with Crippen LogP contribution in [0, 0.1) is 6.08 Å². The van der Waals surface area contributed by atoms with Crippen LogP contribution in [0.5, 0.6) is 0 Å². The Kier molecular flexibility index (Phi) is 31.2. The number of hydrogen-bond acceptors (Lipinski definition) is 0. The molecule has 142 valence electrons. The van der Waals surface area contributed by atoms with E-state index in [1.54, 1.807) is 0 Å². The van der Waals surface area contributed by atoms with E-state index < -0.39 is 0 Å². The first-order valence-corrected chi connectivity index (χ1v) is 13.8. The van der Waals surface area contributed by atoms with Gasteiger partial charge in [-0.2, -0.15) is 6.42 Å². The Morgan fingerprint density at radius 3 is 1.39 bits per heavy atom. The molecule has 0 N–H and O–H groups in total. The van der Waals surface area contributed by atoms with E-state index in [1.807, 2.05) is 0 Å². The normalized spacial score (nSPS) is 13.2. The summed E-state index contributed by atoms with van der Waals surface area (Å²) < 4.78 is 0. The molecule has 0 unspecified atom stereocenters. The maximum Gasteiger partial charge on any atom is 0.0543 e. The summed E-state index contributed by atoms with van der Waals surface area (Å²) in [6, 6.07) is 0. The molecule has 0 aromatic carbocycles. The van der Waals surface area contributed by atoms with E-state index in [9.17, 15) is 0 Å². The monoisotopic (exact) mass is 403 g/mol. The number of allylic oxidation sites excluding steroid dienone is 4. The van der Waals surface area contributed by atoms with Crippen LogP contribution in [0.2, 0.25) is 0 Å². The Bertz CT molecular complexity index is 195. The van der Waals surface area contributed by atoms with Crippen LogP contribution in [0.1, 0.15) is 67.2 Å². The van der Waals surface area contributed by atoms with Gasteiger partial charge in [-0.3, -0.25) is 6.08 Å². The molecule has 0 amide bonds. The minimum absolute atomic E-state index is 0. The Balaban J connectivity index is -0.000000257. The molecule has 1 rings (SSSR count). The second-order valence-electron chi connectivity index (χ2n) is 5.62. The molecule has 23 heavy (non-hydrogen) atoms. The van der Waals surface area contributed by atoms with Crippen molar-refractivity contribution in [1.29, 1.82) is 0 Å². The maximum atomic E-state index is 3.21. The summed E-state index contributed by atoms with van der Waals surface area (Å²) in [6.07, 6.45) is 23.2. The van der Waals surface area contributed by atoms with E-state index >= 15 is 0 Å². The SMILES string of the molecule is CC[PH+](CC)CC.CC[PH+](CC)CC.[C-]1=CCCC=CCC1.[Ni]. The zero-order valence-corrected chi connectivity index (χ0v) is 19.6. The first kappa shape index (κ1) is 28.6. The maximum absolute atomic E-state index is 3.21. The largest absolute Gasteiger partial charge is 0.500 e. The van der Waals surface area contributed by atoms with Crippen LogP contribution in [0.25, 0.3) is 0 Å². The molecule has 0 saturated heterocycles. The number of rotatable bonds is 6. The summed E-state index contributed by atoms with van der Waals surface area (Å²) in [4.78, 5) is 0. The van der Waals surface area contributed by atoms with Gasteiger partial charge in [-0.25, -0.2) is 0 Å². The predicted molar refractivity (Wildman–Crippen MR) is 115 cm³/mol. The second-order valence-corrected chi connectivity index (χ2v) is 12.9. The minimum atomic E-state index is 0. The van der Waals surface area contributed by atoms with Gasteiger partial charge in [0.2, 0.25) is 0 Å². The molecule has 0 bridgehead atoms. The van der Waals surface area contributed by atoms with E-state index in [1.165, 1.54) is 56.2 Å². The molecule has 0 radical (unpaired) electrons. The van der Waals surface area contributed by atoms with Crippen molar-refractivity contribution in [1.82, 2.24) is 0 Å². The topological polar surface area (TPSA) is 0 Å². The Labute approximate surface area is 160 Å². The van der Waals surface area contributed by atoms with Crippen molar-refractivity contribution in [2.75, 3.05) is 37.0 Å². The molecule has 0 heterocycles. The molecular formula is C20H43NiP2+. The summed E-state index contributed by atoms with van der Waals surface area (Å²) in [5.74, 6) is 0. The van der Waals surface area contributed by atoms with Crippen molar-refractivity contribution < 1.29 is 16.5 Å². The van der Waals surface area contributed by atoms with E-state index in [0.717, 1.165) is 6.42 Å². The van der Waals surface area contributed by atoms with Gasteiger partial charge in [0.1, 0.15) is 0 Å². The molecule has 3 heteroatoms. The minimum Gasteiger partial charge on any atom is -0.500 e. The van der Waals surface area contributed by atoms with Crippen molar-refractivity contribution in [3.63, 3.8) is 0 Å². The summed E-state index contributed by atoms with van der Waals surface area (Å²) in [7, 11) is 0.275. The molecule has 1 aliphatic rings. The smallest absolute Gasteiger partial charge is 0.0543 e. The molecule has 0 atom stereocenters. The molecule has 0 nitrogen and oxygen atoms in total. The Hall–Kier alpha value is 0.834. The first-order valence-electron chi connectivity index (χ1n) is 9.56. The molecule has 1 aliphatic carbocycles. The van der Waals surface area contributed by atoms with Crippen LogP contribution in [0.4, 0.5) is 0 Å². The Morgan fingerprint density at radius 2 is 1.04 bits per heavy atom. The zero-order valence-electron chi connectivity index (χ0n) is 16.6. The third-order valence-electron chi connectivity index (χ3n) is 4.24. The first-order chi connectivity index (χ1) is 10.7. The van der Waals surface area contributed by atoms with Gasteiger partial charge in [-0.15, -0.1) is 0 Å². The standard InChI is InChI=1S/C8H11.2C6H15P.Ni/c1-2-4-6-8-7-5-3-1;2*1-4-7(5-2)6-3;/h1-2,7H,3-6H2;2*4-6H2,1-3H3;/q-1;;;/p+2. The fourth-order valence-electron chi connectivity index (χ4n) is 2.29. The zero-order chi connectivity index (χ0) is 17.1. The van der Waals surface area contributed by atoms with Crippen LogP contribution in [0.3, 0.4) is 0 Å². The van der Waals surface area contributed by atoms with Crippen molar-refractivity contribution >= 4 is 15.8 Å². The van der Waals surface area contributed by atoms with Gasteiger partial charge < -0.3 is 6.08 Å². The molecule has 0 spiro atoms. The van der Waals surface area contributed by atoms with E-state index in [0.29, 0.717) is 0 Å². The van der Waals surface area contributed by atoms with Gasteiger partial charge in [-0.05, 0) is 63.8 Å². The third-order valence-corrected chi connectivity index (χ3v) is 10.2. The van der Waals surface area contributed by atoms with Crippen molar-refractivity contribution in [2.24, 2.45) is 0 Å². The predicted octanol–water partition coefficient (Wildman–Crippen LogP) is 6.99. The average molecular weight is 404 g/mol. The van der Waals surface area contributed by atoms with Gasteiger partial charge in [0.25, 0.3) is 0 Å². The third kappa shape index (κ3) is 22.8. The van der Waals surface area contributed by atoms with E-state index in [2.05, 4.69) is 65.8 Å². The van der Waals surface area contributed by atoms with Crippen LogP contribution in [-0.4, -0.2) is 37.0 Å². The number of hydrogen-bond donors (Lipinski definition) is 0. The molecule has 0 aromatic rings. The summed E-state index contributed by atoms with van der Waals surface area (Å²) in [6.45, 7) is 13.8. The van der Waals surface area contributed by atoms with Gasteiger partial charge in [0, 0.05) is 16.5 Å². The second kappa shape index (κ2) is 25.1. The fourth-order valence-corrected chi connectivity index (χ4v) is 5.29. The summed E-state index contributed by atoms with van der Waals surface area (Å²) in [5.41, 5.74) is 0. The molecule has 0 fully saturated rings. The van der Waals surface area contributed by atoms with E-state index in [4.69, 9.17) is 0 Å². The fraction of sp³-hybridized carbons (Fsp3) is 0.800.